The fourth-order valence-corrected chi connectivity index (χ4v) is 1.84. The van der Waals surface area contributed by atoms with Crippen molar-refractivity contribution in [1.82, 2.24) is 5.32 Å². The van der Waals surface area contributed by atoms with Crippen LogP contribution in [0.25, 0.3) is 0 Å². The molecule has 1 unspecified atom stereocenters. The third-order valence-corrected chi connectivity index (χ3v) is 3.38. The van der Waals surface area contributed by atoms with Crippen LogP contribution in [0.3, 0.4) is 0 Å². The second-order valence-corrected chi connectivity index (χ2v) is 5.18. The molecule has 0 amide bonds. The molecule has 1 saturated heterocycles. The molecule has 17 heavy (non-hydrogen) atoms. The normalized spacial score (nSPS) is 17.8. The van der Waals surface area contributed by atoms with Crippen LogP contribution >= 0.6 is 23.4 Å². The summed E-state index contributed by atoms with van der Waals surface area (Å²) in [5, 5.41) is 20.6. The van der Waals surface area contributed by atoms with E-state index in [9.17, 15) is 0 Å². The van der Waals surface area contributed by atoms with E-state index in [1.54, 1.807) is 30.5 Å². The third-order valence-electron chi connectivity index (χ3n) is 2.27. The van der Waals surface area contributed by atoms with E-state index in [-0.39, 0.29) is 0 Å². The monoisotopic (exact) mass is 263 g/mol. The Hall–Kier alpha value is -1.44. The lowest BCUT2D eigenvalue weighted by molar-refractivity contribution is 0.930. The van der Waals surface area contributed by atoms with Crippen molar-refractivity contribution in [3.05, 3.63) is 46.6 Å². The Balaban J connectivity index is 2.05. The van der Waals surface area contributed by atoms with Crippen LogP contribution in [0.15, 0.2) is 30.5 Å². The minimum atomic E-state index is 0.370. The van der Waals surface area contributed by atoms with Gasteiger partial charge >= 0.3 is 0 Å². The highest BCUT2D eigenvalue weighted by molar-refractivity contribution is 8.06. The minimum Gasteiger partial charge on any atom is -0.378 e. The summed E-state index contributed by atoms with van der Waals surface area (Å²) in [5.74, 6) is 1.13. The van der Waals surface area contributed by atoms with Crippen LogP contribution in [0.2, 0.25) is 5.02 Å². The highest BCUT2D eigenvalue weighted by Gasteiger charge is 2.19. The molecular formula is C12H10ClN3S. The van der Waals surface area contributed by atoms with E-state index in [0.717, 1.165) is 5.75 Å². The largest absolute Gasteiger partial charge is 0.378 e. The maximum absolute atomic E-state index is 8.74. The average molecular weight is 264 g/mol. The lowest BCUT2D eigenvalue weighted by Crippen LogP contribution is -2.08. The number of hydrogen-bond donors (Lipinski definition) is 2. The van der Waals surface area contributed by atoms with Gasteiger partial charge in [0.2, 0.25) is 0 Å². The molecule has 5 heteroatoms. The Morgan fingerprint density at radius 3 is 3.00 bits per heavy atom. The smallest absolute Gasteiger partial charge is 0.101 e. The van der Waals surface area contributed by atoms with Crippen molar-refractivity contribution in [2.75, 3.05) is 5.75 Å². The van der Waals surface area contributed by atoms with Crippen LogP contribution in [0, 0.1) is 16.7 Å². The van der Waals surface area contributed by atoms with E-state index in [1.807, 2.05) is 17.8 Å². The fraction of sp³-hybridized carbons (Fsp3) is 0.167. The molecule has 1 aliphatic rings. The Labute approximate surface area is 109 Å². The number of hydrogen-bond acceptors (Lipinski definition) is 4. The SMILES string of the molecule is N#Cc1ccc(C(=N)/C=C\NC2CS2)cc1Cl. The average Bonchev–Trinajstić information content (AvgIpc) is 3.13. The number of rotatable bonds is 4. The Kier molecular flexibility index (Phi) is 3.72. The summed E-state index contributed by atoms with van der Waals surface area (Å²) in [4.78, 5) is 0. The van der Waals surface area contributed by atoms with Gasteiger partial charge in [-0.3, -0.25) is 0 Å². The first-order valence-electron chi connectivity index (χ1n) is 5.03. The quantitative estimate of drug-likeness (QED) is 0.649. The van der Waals surface area contributed by atoms with Crippen LogP contribution in [-0.2, 0) is 0 Å². The highest BCUT2D eigenvalue weighted by atomic mass is 35.5. The van der Waals surface area contributed by atoms with Gasteiger partial charge in [0.05, 0.1) is 21.7 Å². The summed E-state index contributed by atoms with van der Waals surface area (Å²) in [6, 6.07) is 6.98. The first kappa shape index (κ1) is 12.0. The van der Waals surface area contributed by atoms with Gasteiger partial charge in [-0.2, -0.15) is 5.26 Å². The van der Waals surface area contributed by atoms with Crippen molar-refractivity contribution >= 4 is 29.1 Å². The van der Waals surface area contributed by atoms with E-state index in [2.05, 4.69) is 5.32 Å². The number of nitrogens with one attached hydrogen (secondary N) is 2. The van der Waals surface area contributed by atoms with Gasteiger partial charge in [0.25, 0.3) is 0 Å². The molecule has 2 rings (SSSR count). The van der Waals surface area contributed by atoms with E-state index in [1.165, 1.54) is 0 Å². The molecule has 0 aliphatic carbocycles. The molecule has 0 bridgehead atoms. The van der Waals surface area contributed by atoms with E-state index >= 15 is 0 Å². The van der Waals surface area contributed by atoms with Crippen LogP contribution in [-0.4, -0.2) is 16.8 Å². The molecule has 3 nitrogen and oxygen atoms in total. The lowest BCUT2D eigenvalue weighted by atomic mass is 10.1. The molecule has 1 aromatic carbocycles. The van der Waals surface area contributed by atoms with Crippen LogP contribution in [0.5, 0.6) is 0 Å². The lowest BCUT2D eigenvalue weighted by Gasteiger charge is -2.01. The van der Waals surface area contributed by atoms with Crippen molar-refractivity contribution in [2.24, 2.45) is 0 Å². The second-order valence-electron chi connectivity index (χ2n) is 3.54. The molecule has 0 aromatic heterocycles. The van der Waals surface area contributed by atoms with Crippen molar-refractivity contribution in [3.8, 4) is 6.07 Å². The van der Waals surface area contributed by atoms with Gasteiger partial charge in [0.1, 0.15) is 6.07 Å². The fourth-order valence-electron chi connectivity index (χ4n) is 1.25. The van der Waals surface area contributed by atoms with Gasteiger partial charge in [-0.1, -0.05) is 17.7 Å². The second kappa shape index (κ2) is 5.26. The Morgan fingerprint density at radius 1 is 1.65 bits per heavy atom. The Bertz CT molecular complexity index is 515. The molecule has 2 N–H and O–H groups in total. The Morgan fingerprint density at radius 2 is 2.41 bits per heavy atom. The zero-order chi connectivity index (χ0) is 12.3. The third kappa shape index (κ3) is 3.26. The zero-order valence-corrected chi connectivity index (χ0v) is 10.5. The maximum Gasteiger partial charge on any atom is 0.101 e. The van der Waals surface area contributed by atoms with Crippen molar-refractivity contribution < 1.29 is 0 Å². The standard InChI is InChI=1S/C12H10ClN3S/c13-10-5-8(1-2-9(10)6-14)11(15)3-4-16-12-7-17-12/h1-5,12,15-16H,7H2/b4-3-,15-11?. The predicted molar refractivity (Wildman–Crippen MR) is 71.5 cm³/mol. The molecule has 86 valence electrons. The number of benzene rings is 1. The first-order valence-corrected chi connectivity index (χ1v) is 6.46. The van der Waals surface area contributed by atoms with E-state index in [0.29, 0.717) is 27.2 Å². The van der Waals surface area contributed by atoms with Crippen molar-refractivity contribution in [1.29, 1.82) is 10.7 Å². The molecule has 0 radical (unpaired) electrons. The summed E-state index contributed by atoms with van der Waals surface area (Å²) in [6.07, 6.45) is 3.47. The number of halogens is 1. The van der Waals surface area contributed by atoms with Gasteiger partial charge < -0.3 is 10.7 Å². The summed E-state index contributed by atoms with van der Waals surface area (Å²) >= 11 is 7.74. The van der Waals surface area contributed by atoms with Crippen LogP contribution in [0.4, 0.5) is 0 Å². The van der Waals surface area contributed by atoms with Crippen molar-refractivity contribution in [2.45, 2.75) is 5.37 Å². The molecule has 0 saturated carbocycles. The van der Waals surface area contributed by atoms with Crippen LogP contribution < -0.4 is 5.32 Å². The van der Waals surface area contributed by atoms with Crippen LogP contribution in [0.1, 0.15) is 11.1 Å². The number of nitriles is 1. The number of nitrogens with zero attached hydrogens (tertiary/aromatic N) is 1. The van der Waals surface area contributed by atoms with Gasteiger partial charge in [0.15, 0.2) is 0 Å². The summed E-state index contributed by atoms with van der Waals surface area (Å²) < 4.78 is 0. The predicted octanol–water partition coefficient (Wildman–Crippen LogP) is 2.76. The van der Waals surface area contributed by atoms with Crippen molar-refractivity contribution in [3.63, 3.8) is 0 Å². The molecule has 1 aliphatic heterocycles. The minimum absolute atomic E-state index is 0.370. The highest BCUT2D eigenvalue weighted by Crippen LogP contribution is 2.26. The van der Waals surface area contributed by atoms with Gasteiger partial charge in [-0.05, 0) is 24.4 Å². The van der Waals surface area contributed by atoms with E-state index < -0.39 is 0 Å². The molecule has 0 spiro atoms. The number of allylic oxidation sites excluding steroid dienone is 1. The molecule has 1 fully saturated rings. The van der Waals surface area contributed by atoms with E-state index in [4.69, 9.17) is 22.3 Å². The summed E-state index contributed by atoms with van der Waals surface area (Å²) in [7, 11) is 0. The molecule has 1 atom stereocenters. The molecule has 1 heterocycles. The summed E-state index contributed by atoms with van der Waals surface area (Å²) in [5.41, 5.74) is 1.50. The first-order chi connectivity index (χ1) is 8.20. The van der Waals surface area contributed by atoms with Gasteiger partial charge in [-0.25, -0.2) is 0 Å². The molecular weight excluding hydrogens is 254 g/mol. The zero-order valence-electron chi connectivity index (χ0n) is 8.90. The summed E-state index contributed by atoms with van der Waals surface area (Å²) in [6.45, 7) is 0. The number of thioether (sulfide) groups is 1. The van der Waals surface area contributed by atoms with Gasteiger partial charge in [-0.15, -0.1) is 11.8 Å². The van der Waals surface area contributed by atoms with Gasteiger partial charge in [0, 0.05) is 11.3 Å². The molecule has 1 aromatic rings. The topological polar surface area (TPSA) is 59.7 Å². The maximum atomic E-state index is 8.74.